The van der Waals surface area contributed by atoms with E-state index < -0.39 is 6.55 Å². The maximum atomic E-state index is 12.9. The van der Waals surface area contributed by atoms with Crippen LogP contribution in [0, 0.1) is 0 Å². The summed E-state index contributed by atoms with van der Waals surface area (Å²) in [6, 6.07) is 13.2. The smallest absolute Gasteiger partial charge is 0.333 e. The summed E-state index contributed by atoms with van der Waals surface area (Å²) in [6.45, 7) is -2.74. The van der Waals surface area contributed by atoms with Gasteiger partial charge < -0.3 is 10.5 Å². The number of nitrogens with two attached hydrogens (primary N) is 1. The number of rotatable bonds is 7. The Morgan fingerprint density at radius 2 is 2.03 bits per heavy atom. The van der Waals surface area contributed by atoms with Crippen LogP contribution in [0.3, 0.4) is 0 Å². The van der Waals surface area contributed by atoms with Crippen molar-refractivity contribution in [1.82, 2.24) is 19.6 Å². The fourth-order valence-electron chi connectivity index (χ4n) is 3.30. The third-order valence-electron chi connectivity index (χ3n) is 4.92. The van der Waals surface area contributed by atoms with Crippen molar-refractivity contribution in [2.75, 3.05) is 7.11 Å². The summed E-state index contributed by atoms with van der Waals surface area (Å²) in [6.07, 6.45) is 6.80. The summed E-state index contributed by atoms with van der Waals surface area (Å²) < 4.78 is 33.3. The van der Waals surface area contributed by atoms with Crippen molar-refractivity contribution in [3.8, 4) is 22.6 Å². The first-order valence-corrected chi connectivity index (χ1v) is 10.6. The van der Waals surface area contributed by atoms with Crippen LogP contribution in [0.5, 0.6) is 5.75 Å². The Bertz CT molecular complexity index is 1480. The van der Waals surface area contributed by atoms with Gasteiger partial charge in [-0.25, -0.2) is 14.4 Å². The van der Waals surface area contributed by atoms with Gasteiger partial charge in [0.15, 0.2) is 5.69 Å². The first-order chi connectivity index (χ1) is 16.9. The summed E-state index contributed by atoms with van der Waals surface area (Å²) in [5.41, 5.74) is 7.66. The lowest BCUT2D eigenvalue weighted by Crippen LogP contribution is -2.20. The fraction of sp³-hybridized carbons (Fsp3) is 0.0833. The van der Waals surface area contributed by atoms with Gasteiger partial charge in [0.1, 0.15) is 11.4 Å². The van der Waals surface area contributed by atoms with E-state index in [9.17, 15) is 13.6 Å². The molecule has 0 spiro atoms. The Hall–Kier alpha value is -4.31. The van der Waals surface area contributed by atoms with Crippen molar-refractivity contribution in [1.29, 1.82) is 0 Å². The van der Waals surface area contributed by atoms with E-state index in [0.717, 1.165) is 0 Å². The van der Waals surface area contributed by atoms with Crippen LogP contribution in [0.25, 0.3) is 16.8 Å². The number of benzene rings is 2. The molecule has 35 heavy (non-hydrogen) atoms. The number of ether oxygens (including phenoxy) is 1. The molecule has 0 saturated carbocycles. The zero-order valence-corrected chi connectivity index (χ0v) is 19.1. The molecule has 11 heteroatoms. The molecule has 0 radical (unpaired) electrons. The van der Waals surface area contributed by atoms with E-state index in [1.807, 2.05) is 0 Å². The highest BCUT2D eigenvalue weighted by Crippen LogP contribution is 2.30. The highest BCUT2D eigenvalue weighted by molar-refractivity contribution is 6.30. The second-order valence-electron chi connectivity index (χ2n) is 7.18. The van der Waals surface area contributed by atoms with Crippen molar-refractivity contribution in [2.24, 2.45) is 10.7 Å². The predicted octanol–water partition coefficient (Wildman–Crippen LogP) is 4.75. The summed E-state index contributed by atoms with van der Waals surface area (Å²) in [7, 11) is 1.47. The molecule has 8 nitrogen and oxygen atoms in total. The molecular formula is C24H19ClF2N6O2. The van der Waals surface area contributed by atoms with Crippen LogP contribution in [-0.2, 0) is 0 Å². The van der Waals surface area contributed by atoms with Crippen molar-refractivity contribution in [2.45, 2.75) is 6.55 Å². The SMILES string of the molecule is COc1cc(-c2cnn(C(F)F)c2)ccc1-n1ccc(=O)c(C(C=CN)=Nc2cccc(Cl)c2)n1. The molecule has 0 aliphatic heterocycles. The number of allylic oxidation sites excluding steroid dienone is 1. The molecule has 0 saturated heterocycles. The van der Waals surface area contributed by atoms with Gasteiger partial charge in [0, 0.05) is 29.0 Å². The molecule has 0 aliphatic carbocycles. The lowest BCUT2D eigenvalue weighted by atomic mass is 10.1. The number of alkyl halides is 2. The Kier molecular flexibility index (Phi) is 7.02. The molecular weight excluding hydrogens is 478 g/mol. The van der Waals surface area contributed by atoms with Gasteiger partial charge in [0.2, 0.25) is 5.43 Å². The highest BCUT2D eigenvalue weighted by Gasteiger charge is 2.15. The number of aromatic nitrogens is 4. The second-order valence-corrected chi connectivity index (χ2v) is 7.62. The van der Waals surface area contributed by atoms with Crippen LogP contribution in [0.1, 0.15) is 12.2 Å². The maximum absolute atomic E-state index is 12.9. The van der Waals surface area contributed by atoms with Crippen molar-refractivity contribution in [3.05, 3.63) is 100 Å². The molecule has 2 N–H and O–H groups in total. The molecule has 0 fully saturated rings. The van der Waals surface area contributed by atoms with E-state index in [-0.39, 0.29) is 16.8 Å². The molecule has 0 aliphatic rings. The first kappa shape index (κ1) is 23.8. The molecule has 0 atom stereocenters. The molecule has 178 valence electrons. The van der Waals surface area contributed by atoms with Crippen molar-refractivity contribution in [3.63, 3.8) is 0 Å². The lowest BCUT2D eigenvalue weighted by Gasteiger charge is -2.13. The van der Waals surface area contributed by atoms with Gasteiger partial charge in [-0.1, -0.05) is 23.7 Å². The Labute approximate surface area is 203 Å². The van der Waals surface area contributed by atoms with Gasteiger partial charge in [-0.15, -0.1) is 0 Å². The Balaban J connectivity index is 1.77. The average molecular weight is 497 g/mol. The molecule has 2 heterocycles. The van der Waals surface area contributed by atoms with E-state index in [2.05, 4.69) is 15.2 Å². The zero-order chi connectivity index (χ0) is 24.9. The Morgan fingerprint density at radius 1 is 1.20 bits per heavy atom. The van der Waals surface area contributed by atoms with Crippen molar-refractivity contribution < 1.29 is 13.5 Å². The first-order valence-electron chi connectivity index (χ1n) is 10.2. The summed E-state index contributed by atoms with van der Waals surface area (Å²) in [5, 5.41) is 8.61. The Morgan fingerprint density at radius 3 is 2.71 bits per heavy atom. The molecule has 2 aromatic heterocycles. The number of hydrogen-bond donors (Lipinski definition) is 1. The minimum atomic E-state index is -2.74. The molecule has 0 bridgehead atoms. The summed E-state index contributed by atoms with van der Waals surface area (Å²) in [5.74, 6) is 0.400. The molecule has 2 aromatic carbocycles. The topological polar surface area (TPSA) is 100 Å². The van der Waals surface area contributed by atoms with Crippen LogP contribution >= 0.6 is 11.6 Å². The monoisotopic (exact) mass is 496 g/mol. The van der Waals surface area contributed by atoms with Gasteiger partial charge in [-0.05, 0) is 48.2 Å². The van der Waals surface area contributed by atoms with E-state index in [0.29, 0.717) is 38.0 Å². The van der Waals surface area contributed by atoms with E-state index >= 15 is 0 Å². The minimum absolute atomic E-state index is 0.0542. The van der Waals surface area contributed by atoms with Crippen LogP contribution < -0.4 is 15.9 Å². The van der Waals surface area contributed by atoms with E-state index in [4.69, 9.17) is 22.1 Å². The number of hydrogen-bond acceptors (Lipinski definition) is 6. The van der Waals surface area contributed by atoms with Gasteiger partial charge in [-0.2, -0.15) is 19.0 Å². The molecule has 4 aromatic rings. The fourth-order valence-corrected chi connectivity index (χ4v) is 3.49. The molecule has 0 amide bonds. The number of methoxy groups -OCH3 is 1. The maximum Gasteiger partial charge on any atom is 0.333 e. The number of nitrogens with zero attached hydrogens (tertiary/aromatic N) is 5. The lowest BCUT2D eigenvalue weighted by molar-refractivity contribution is 0.0566. The summed E-state index contributed by atoms with van der Waals surface area (Å²) in [4.78, 5) is 17.1. The number of halogens is 3. The molecule has 4 rings (SSSR count). The van der Waals surface area contributed by atoms with Gasteiger partial charge in [-0.3, -0.25) is 4.79 Å². The van der Waals surface area contributed by atoms with Crippen LogP contribution in [0.4, 0.5) is 14.5 Å². The van der Waals surface area contributed by atoms with Gasteiger partial charge in [0.05, 0.1) is 24.7 Å². The second kappa shape index (κ2) is 10.3. The van der Waals surface area contributed by atoms with Gasteiger partial charge in [0.25, 0.3) is 0 Å². The third kappa shape index (κ3) is 5.28. The van der Waals surface area contributed by atoms with E-state index in [1.54, 1.807) is 42.5 Å². The quantitative estimate of drug-likeness (QED) is 0.372. The number of aliphatic imine (C=N–C) groups is 1. The normalized spacial score (nSPS) is 12.0. The van der Waals surface area contributed by atoms with Crippen LogP contribution in [0.15, 0.2) is 89.2 Å². The minimum Gasteiger partial charge on any atom is -0.494 e. The van der Waals surface area contributed by atoms with Crippen molar-refractivity contribution >= 4 is 23.0 Å². The third-order valence-corrected chi connectivity index (χ3v) is 5.16. The highest BCUT2D eigenvalue weighted by atomic mass is 35.5. The van der Waals surface area contributed by atoms with Crippen LogP contribution in [-0.4, -0.2) is 32.4 Å². The summed E-state index contributed by atoms with van der Waals surface area (Å²) >= 11 is 6.05. The standard InChI is InChI=1S/C24H19ClF2N6O2/c1-35-22-11-15(16-13-29-33(14-16)24(26)27)5-6-20(22)32-10-8-21(34)23(31-32)19(7-9-28)30-18-4-2-3-17(25)12-18/h2-14,24H,28H2,1H3. The largest absolute Gasteiger partial charge is 0.494 e. The van der Waals surface area contributed by atoms with E-state index in [1.165, 1.54) is 48.7 Å². The zero-order valence-electron chi connectivity index (χ0n) is 18.3. The molecule has 0 unspecified atom stereocenters. The average Bonchev–Trinajstić information content (AvgIpc) is 3.35. The van der Waals surface area contributed by atoms with Gasteiger partial charge >= 0.3 is 6.55 Å². The van der Waals surface area contributed by atoms with Crippen LogP contribution in [0.2, 0.25) is 5.02 Å². The predicted molar refractivity (Wildman–Crippen MR) is 130 cm³/mol.